The van der Waals surface area contributed by atoms with Gasteiger partial charge in [0.1, 0.15) is 4.90 Å². The second-order valence-corrected chi connectivity index (χ2v) is 8.68. The van der Waals surface area contributed by atoms with Crippen molar-refractivity contribution in [3.05, 3.63) is 87.4 Å². The molecule has 1 aliphatic carbocycles. The van der Waals surface area contributed by atoms with E-state index in [2.05, 4.69) is 5.32 Å². The first-order valence-electron chi connectivity index (χ1n) is 8.85. The molecule has 0 aromatic heterocycles. The molecule has 1 aliphatic rings. The van der Waals surface area contributed by atoms with E-state index >= 15 is 0 Å². The summed E-state index contributed by atoms with van der Waals surface area (Å²) in [7, 11) is -4.15. The summed E-state index contributed by atoms with van der Waals surface area (Å²) < 4.78 is 23.3. The molecule has 3 aromatic carbocycles. The van der Waals surface area contributed by atoms with Crippen molar-refractivity contribution in [3.63, 3.8) is 0 Å². The smallest absolute Gasteiger partial charge is 0.257 e. The Bertz CT molecular complexity index is 1420. The van der Waals surface area contributed by atoms with Crippen LogP contribution >= 0.6 is 11.6 Å². The third-order valence-electron chi connectivity index (χ3n) is 4.87. The molecule has 10 heteroatoms. The van der Waals surface area contributed by atoms with Crippen LogP contribution in [-0.4, -0.2) is 25.9 Å². The minimum atomic E-state index is -4.15. The van der Waals surface area contributed by atoms with Gasteiger partial charge in [-0.1, -0.05) is 41.9 Å². The number of ketones is 2. The number of carbonyl (C=O) groups excluding carboxylic acids is 3. The Kier molecular flexibility index (Phi) is 4.89. The van der Waals surface area contributed by atoms with Crippen LogP contribution in [0.25, 0.3) is 0 Å². The van der Waals surface area contributed by atoms with Crippen LogP contribution in [0.4, 0.5) is 11.4 Å². The number of anilines is 2. The summed E-state index contributed by atoms with van der Waals surface area (Å²) in [6.07, 6.45) is 0. The molecule has 0 aliphatic heterocycles. The molecule has 8 nitrogen and oxygen atoms in total. The topological polar surface area (TPSA) is 149 Å². The molecule has 31 heavy (non-hydrogen) atoms. The number of primary sulfonamides is 1. The number of benzene rings is 3. The van der Waals surface area contributed by atoms with Gasteiger partial charge in [-0.3, -0.25) is 14.4 Å². The van der Waals surface area contributed by atoms with Gasteiger partial charge in [0.2, 0.25) is 10.0 Å². The summed E-state index contributed by atoms with van der Waals surface area (Å²) >= 11 is 6.08. The molecule has 0 bridgehead atoms. The predicted molar refractivity (Wildman–Crippen MR) is 115 cm³/mol. The Morgan fingerprint density at radius 1 is 0.871 bits per heavy atom. The molecule has 0 saturated heterocycles. The molecule has 3 aromatic rings. The van der Waals surface area contributed by atoms with Crippen molar-refractivity contribution in [1.29, 1.82) is 0 Å². The van der Waals surface area contributed by atoms with Crippen LogP contribution < -0.4 is 16.2 Å². The first kappa shape index (κ1) is 20.7. The van der Waals surface area contributed by atoms with Gasteiger partial charge in [0.05, 0.1) is 27.4 Å². The van der Waals surface area contributed by atoms with Crippen LogP contribution in [0.1, 0.15) is 42.2 Å². The Morgan fingerprint density at radius 2 is 1.45 bits per heavy atom. The lowest BCUT2D eigenvalue weighted by Gasteiger charge is -2.21. The number of rotatable bonds is 3. The quantitative estimate of drug-likeness (QED) is 0.404. The maximum atomic E-state index is 13.1. The van der Waals surface area contributed by atoms with Gasteiger partial charge in [0.25, 0.3) is 5.91 Å². The van der Waals surface area contributed by atoms with Crippen LogP contribution in [0.5, 0.6) is 0 Å². The van der Waals surface area contributed by atoms with Crippen molar-refractivity contribution in [3.8, 4) is 0 Å². The third kappa shape index (κ3) is 3.38. The van der Waals surface area contributed by atoms with Gasteiger partial charge in [0.15, 0.2) is 11.6 Å². The maximum Gasteiger partial charge on any atom is 0.257 e. The second-order valence-electron chi connectivity index (χ2n) is 6.77. The average Bonchev–Trinajstić information content (AvgIpc) is 2.71. The van der Waals surface area contributed by atoms with Crippen molar-refractivity contribution >= 4 is 50.5 Å². The fraction of sp³-hybridized carbons (Fsp3) is 0. The van der Waals surface area contributed by atoms with Crippen molar-refractivity contribution in [2.24, 2.45) is 5.14 Å². The summed E-state index contributed by atoms with van der Waals surface area (Å²) in [5, 5.41) is 7.31. The van der Waals surface area contributed by atoms with Crippen molar-refractivity contribution in [1.82, 2.24) is 0 Å². The highest BCUT2D eigenvalue weighted by Gasteiger charge is 2.33. The van der Waals surface area contributed by atoms with Crippen molar-refractivity contribution < 1.29 is 22.8 Å². The van der Waals surface area contributed by atoms with Gasteiger partial charge in [-0.05, 0) is 24.3 Å². The molecule has 0 unspecified atom stereocenters. The van der Waals surface area contributed by atoms with E-state index in [1.54, 1.807) is 6.07 Å². The SMILES string of the molecule is Nc1cccc2c1C(=O)c1cccc(NC(=O)c3cccc(S(N)(=O)=O)c3Cl)c1C2=O. The molecule has 0 radical (unpaired) electrons. The number of hydrogen-bond donors (Lipinski definition) is 3. The summed E-state index contributed by atoms with van der Waals surface area (Å²) in [6, 6.07) is 12.8. The maximum absolute atomic E-state index is 13.1. The fourth-order valence-electron chi connectivity index (χ4n) is 3.47. The zero-order valence-corrected chi connectivity index (χ0v) is 17.3. The van der Waals surface area contributed by atoms with E-state index in [0.29, 0.717) is 0 Å². The minimum absolute atomic E-state index is 0.0117. The van der Waals surface area contributed by atoms with E-state index in [4.69, 9.17) is 22.5 Å². The minimum Gasteiger partial charge on any atom is -0.398 e. The number of nitrogen functional groups attached to an aromatic ring is 1. The molecule has 0 atom stereocenters. The van der Waals surface area contributed by atoms with Crippen LogP contribution in [-0.2, 0) is 10.0 Å². The number of sulfonamides is 1. The lowest BCUT2D eigenvalue weighted by Crippen LogP contribution is -2.25. The van der Waals surface area contributed by atoms with E-state index in [0.717, 1.165) is 0 Å². The Labute approximate surface area is 181 Å². The van der Waals surface area contributed by atoms with Crippen molar-refractivity contribution in [2.75, 3.05) is 11.1 Å². The number of nitrogens with one attached hydrogen (secondary N) is 1. The van der Waals surface area contributed by atoms with Crippen LogP contribution in [0, 0.1) is 0 Å². The van der Waals surface area contributed by atoms with Crippen LogP contribution in [0.15, 0.2) is 59.5 Å². The number of halogens is 1. The fourth-order valence-corrected chi connectivity index (χ4v) is 4.63. The molecule has 0 saturated carbocycles. The summed E-state index contributed by atoms with van der Waals surface area (Å²) in [6.45, 7) is 0. The molecule has 156 valence electrons. The molecular weight excluding hydrogens is 442 g/mol. The van der Waals surface area contributed by atoms with Gasteiger partial charge < -0.3 is 11.1 Å². The van der Waals surface area contributed by atoms with Gasteiger partial charge in [-0.25, -0.2) is 13.6 Å². The van der Waals surface area contributed by atoms with E-state index in [1.165, 1.54) is 48.5 Å². The highest BCUT2D eigenvalue weighted by atomic mass is 35.5. The zero-order valence-electron chi connectivity index (χ0n) is 15.7. The molecule has 0 spiro atoms. The van der Waals surface area contributed by atoms with Gasteiger partial charge in [-0.2, -0.15) is 0 Å². The first-order valence-corrected chi connectivity index (χ1v) is 10.8. The molecule has 0 heterocycles. The van der Waals surface area contributed by atoms with E-state index < -0.39 is 32.4 Å². The first-order chi connectivity index (χ1) is 14.6. The average molecular weight is 456 g/mol. The normalized spacial score (nSPS) is 12.8. The highest BCUT2D eigenvalue weighted by Crippen LogP contribution is 2.35. The standard InChI is InChI=1S/C21H14ClN3O5S/c22-18-12(6-3-9-15(18)31(24,29)30)21(28)25-14-8-2-5-11-17(14)20(27)10-4-1-7-13(23)16(10)19(11)26/h1-9H,23H2,(H,25,28)(H2,24,29,30). The number of amides is 1. The molecule has 1 amide bonds. The van der Waals surface area contributed by atoms with Crippen LogP contribution in [0.2, 0.25) is 5.02 Å². The molecule has 0 fully saturated rings. The number of nitrogens with two attached hydrogens (primary N) is 2. The Morgan fingerprint density at radius 3 is 2.13 bits per heavy atom. The monoisotopic (exact) mass is 455 g/mol. The predicted octanol–water partition coefficient (Wildman–Crippen LogP) is 2.60. The molecule has 5 N–H and O–H groups in total. The largest absolute Gasteiger partial charge is 0.398 e. The number of fused-ring (bicyclic) bond motifs is 2. The lowest BCUT2D eigenvalue weighted by atomic mass is 9.82. The van der Waals surface area contributed by atoms with E-state index in [9.17, 15) is 22.8 Å². The number of hydrogen-bond acceptors (Lipinski definition) is 6. The lowest BCUT2D eigenvalue weighted by molar-refractivity contribution is 0.0979. The van der Waals surface area contributed by atoms with Crippen LogP contribution in [0.3, 0.4) is 0 Å². The van der Waals surface area contributed by atoms with E-state index in [-0.39, 0.29) is 44.2 Å². The summed E-state index contributed by atoms with van der Waals surface area (Å²) in [5.74, 6) is -1.69. The molecular formula is C21H14ClN3O5S. The van der Waals surface area contributed by atoms with E-state index in [1.807, 2.05) is 0 Å². The van der Waals surface area contributed by atoms with Gasteiger partial charge in [-0.15, -0.1) is 0 Å². The van der Waals surface area contributed by atoms with Crippen molar-refractivity contribution in [2.45, 2.75) is 4.90 Å². The summed E-state index contributed by atoms with van der Waals surface area (Å²) in [5.41, 5.74) is 6.35. The van der Waals surface area contributed by atoms with Gasteiger partial charge >= 0.3 is 0 Å². The second kappa shape index (κ2) is 7.31. The highest BCUT2D eigenvalue weighted by molar-refractivity contribution is 7.89. The molecule has 4 rings (SSSR count). The number of carbonyl (C=O) groups is 3. The third-order valence-corrected chi connectivity index (χ3v) is 6.34. The van der Waals surface area contributed by atoms with Gasteiger partial charge in [0, 0.05) is 16.8 Å². The Balaban J connectivity index is 1.79. The summed E-state index contributed by atoms with van der Waals surface area (Å²) in [4.78, 5) is 38.5. The Hall–Kier alpha value is -3.53. The zero-order chi connectivity index (χ0) is 22.5.